The Morgan fingerprint density at radius 3 is 2.88 bits per heavy atom. The number of furan rings is 1. The lowest BCUT2D eigenvalue weighted by atomic mass is 9.93. The first-order chi connectivity index (χ1) is 7.72. The second-order valence-corrected chi connectivity index (χ2v) is 4.10. The minimum absolute atomic E-state index is 0.250. The Balaban J connectivity index is 2.19. The fourth-order valence-electron chi connectivity index (χ4n) is 2.41. The van der Waals surface area contributed by atoms with E-state index in [4.69, 9.17) is 4.42 Å². The van der Waals surface area contributed by atoms with Gasteiger partial charge >= 0.3 is 0 Å². The SMILES string of the molecule is OC1(c2ccco2)CCc2c(F)cccc21. The van der Waals surface area contributed by atoms with E-state index in [9.17, 15) is 9.50 Å². The Kier molecular flexibility index (Phi) is 1.91. The molecule has 0 aliphatic heterocycles. The number of hydrogen-bond acceptors (Lipinski definition) is 2. The van der Waals surface area contributed by atoms with Crippen LogP contribution in [0.4, 0.5) is 4.39 Å². The summed E-state index contributed by atoms with van der Waals surface area (Å²) in [7, 11) is 0. The Bertz CT molecular complexity index is 519. The topological polar surface area (TPSA) is 33.4 Å². The van der Waals surface area contributed by atoms with E-state index >= 15 is 0 Å². The van der Waals surface area contributed by atoms with Gasteiger partial charge in [-0.25, -0.2) is 4.39 Å². The van der Waals surface area contributed by atoms with E-state index in [0.29, 0.717) is 29.7 Å². The first-order valence-electron chi connectivity index (χ1n) is 5.26. The smallest absolute Gasteiger partial charge is 0.148 e. The summed E-state index contributed by atoms with van der Waals surface area (Å²) in [5.74, 6) is 0.233. The molecule has 3 rings (SSSR count). The van der Waals surface area contributed by atoms with Gasteiger partial charge in [0.1, 0.15) is 17.2 Å². The monoisotopic (exact) mass is 218 g/mol. The summed E-state index contributed by atoms with van der Waals surface area (Å²) >= 11 is 0. The lowest BCUT2D eigenvalue weighted by molar-refractivity contribution is 0.0587. The van der Waals surface area contributed by atoms with Gasteiger partial charge in [0.05, 0.1) is 6.26 Å². The van der Waals surface area contributed by atoms with Crippen LogP contribution >= 0.6 is 0 Å². The van der Waals surface area contributed by atoms with Gasteiger partial charge in [0.2, 0.25) is 0 Å². The summed E-state index contributed by atoms with van der Waals surface area (Å²) in [4.78, 5) is 0. The first-order valence-corrected chi connectivity index (χ1v) is 5.26. The first kappa shape index (κ1) is 9.60. The fraction of sp³-hybridized carbons (Fsp3) is 0.231. The molecule has 16 heavy (non-hydrogen) atoms. The number of fused-ring (bicyclic) bond motifs is 1. The molecule has 1 aromatic heterocycles. The molecule has 2 nitrogen and oxygen atoms in total. The van der Waals surface area contributed by atoms with Crippen LogP contribution in [-0.2, 0) is 12.0 Å². The number of halogens is 1. The highest BCUT2D eigenvalue weighted by molar-refractivity contribution is 5.43. The number of hydrogen-bond donors (Lipinski definition) is 1. The van der Waals surface area contributed by atoms with Gasteiger partial charge in [-0.1, -0.05) is 12.1 Å². The van der Waals surface area contributed by atoms with Crippen LogP contribution in [0.25, 0.3) is 0 Å². The average molecular weight is 218 g/mol. The molecule has 1 aliphatic rings. The Morgan fingerprint density at radius 1 is 1.25 bits per heavy atom. The third kappa shape index (κ3) is 1.15. The van der Waals surface area contributed by atoms with Crippen LogP contribution < -0.4 is 0 Å². The maximum atomic E-state index is 13.5. The quantitative estimate of drug-likeness (QED) is 0.798. The summed E-state index contributed by atoms with van der Waals surface area (Å²) in [6.07, 6.45) is 2.53. The van der Waals surface area contributed by atoms with Gasteiger partial charge in [0, 0.05) is 0 Å². The lowest BCUT2D eigenvalue weighted by Gasteiger charge is -2.21. The zero-order valence-corrected chi connectivity index (χ0v) is 8.61. The van der Waals surface area contributed by atoms with Gasteiger partial charge in [-0.2, -0.15) is 0 Å². The van der Waals surface area contributed by atoms with Gasteiger partial charge in [-0.15, -0.1) is 0 Å². The van der Waals surface area contributed by atoms with Crippen molar-refractivity contribution in [3.8, 4) is 0 Å². The molecule has 1 atom stereocenters. The molecule has 2 aromatic rings. The van der Waals surface area contributed by atoms with Crippen LogP contribution in [0.2, 0.25) is 0 Å². The zero-order chi connectivity index (χ0) is 11.2. The van der Waals surface area contributed by atoms with Gasteiger partial charge in [0.25, 0.3) is 0 Å². The second-order valence-electron chi connectivity index (χ2n) is 4.10. The highest BCUT2D eigenvalue weighted by atomic mass is 19.1. The molecule has 1 unspecified atom stereocenters. The summed E-state index contributed by atoms with van der Waals surface area (Å²) in [5, 5.41) is 10.6. The van der Waals surface area contributed by atoms with Crippen molar-refractivity contribution in [3.63, 3.8) is 0 Å². The van der Waals surface area contributed by atoms with E-state index in [1.54, 1.807) is 24.3 Å². The molecule has 82 valence electrons. The van der Waals surface area contributed by atoms with E-state index in [1.165, 1.54) is 12.3 Å². The minimum atomic E-state index is -1.17. The normalized spacial score (nSPS) is 23.4. The molecular weight excluding hydrogens is 207 g/mol. The van der Waals surface area contributed by atoms with Gasteiger partial charge in [0.15, 0.2) is 0 Å². The van der Waals surface area contributed by atoms with Crippen LogP contribution in [0.1, 0.15) is 23.3 Å². The standard InChI is InChI=1S/C13H11FO2/c14-11-4-1-3-10-9(11)6-7-13(10,15)12-5-2-8-16-12/h1-5,8,15H,6-7H2. The van der Waals surface area contributed by atoms with Gasteiger partial charge in [-0.05, 0) is 42.2 Å². The highest BCUT2D eigenvalue weighted by Crippen LogP contribution is 2.42. The summed E-state index contributed by atoms with van der Waals surface area (Å²) in [6, 6.07) is 8.25. The van der Waals surface area contributed by atoms with Crippen LogP contribution in [-0.4, -0.2) is 5.11 Å². The van der Waals surface area contributed by atoms with E-state index in [0.717, 1.165) is 0 Å². The maximum Gasteiger partial charge on any atom is 0.148 e. The van der Waals surface area contributed by atoms with E-state index in [1.807, 2.05) is 0 Å². The van der Waals surface area contributed by atoms with Crippen molar-refractivity contribution in [2.75, 3.05) is 0 Å². The van der Waals surface area contributed by atoms with Crippen LogP contribution in [0, 0.1) is 5.82 Å². The molecule has 0 saturated carbocycles. The summed E-state index contributed by atoms with van der Waals surface area (Å²) < 4.78 is 18.8. The molecule has 3 heteroatoms. The largest absolute Gasteiger partial charge is 0.466 e. The molecule has 1 heterocycles. The van der Waals surface area contributed by atoms with Gasteiger partial charge < -0.3 is 9.52 Å². The van der Waals surface area contributed by atoms with Crippen molar-refractivity contribution in [1.82, 2.24) is 0 Å². The molecule has 1 aliphatic carbocycles. The van der Waals surface area contributed by atoms with Crippen molar-refractivity contribution in [2.24, 2.45) is 0 Å². The third-order valence-corrected chi connectivity index (χ3v) is 3.23. The van der Waals surface area contributed by atoms with E-state index < -0.39 is 5.60 Å². The Hall–Kier alpha value is -1.61. The summed E-state index contributed by atoms with van der Waals surface area (Å²) in [6.45, 7) is 0. The zero-order valence-electron chi connectivity index (χ0n) is 8.61. The number of aliphatic hydroxyl groups is 1. The van der Waals surface area contributed by atoms with Gasteiger partial charge in [-0.3, -0.25) is 0 Å². The predicted octanol–water partition coefficient (Wildman–Crippen LogP) is 2.60. The van der Waals surface area contributed by atoms with Crippen LogP contribution in [0.3, 0.4) is 0 Å². The molecule has 0 bridgehead atoms. The highest BCUT2D eigenvalue weighted by Gasteiger charge is 2.41. The molecular formula is C13H11FO2. The molecule has 0 radical (unpaired) electrons. The van der Waals surface area contributed by atoms with E-state index in [2.05, 4.69) is 0 Å². The van der Waals surface area contributed by atoms with E-state index in [-0.39, 0.29) is 5.82 Å². The van der Waals surface area contributed by atoms with Crippen molar-refractivity contribution in [1.29, 1.82) is 0 Å². The molecule has 0 spiro atoms. The van der Waals surface area contributed by atoms with Crippen LogP contribution in [0.5, 0.6) is 0 Å². The Morgan fingerprint density at radius 2 is 2.12 bits per heavy atom. The molecule has 0 amide bonds. The molecule has 0 fully saturated rings. The molecule has 1 N–H and O–H groups in total. The molecule has 0 saturated heterocycles. The van der Waals surface area contributed by atoms with Crippen molar-refractivity contribution in [2.45, 2.75) is 18.4 Å². The van der Waals surface area contributed by atoms with Crippen molar-refractivity contribution in [3.05, 3.63) is 59.3 Å². The second kappa shape index (κ2) is 3.19. The Labute approximate surface area is 92.3 Å². The van der Waals surface area contributed by atoms with Crippen LogP contribution in [0.15, 0.2) is 41.0 Å². The average Bonchev–Trinajstić information content (AvgIpc) is 2.88. The number of benzene rings is 1. The minimum Gasteiger partial charge on any atom is -0.466 e. The molecule has 1 aromatic carbocycles. The van der Waals surface area contributed by atoms with Crippen molar-refractivity contribution < 1.29 is 13.9 Å². The van der Waals surface area contributed by atoms with Crippen molar-refractivity contribution >= 4 is 0 Å². The maximum absolute atomic E-state index is 13.5. The third-order valence-electron chi connectivity index (χ3n) is 3.23. The number of rotatable bonds is 1. The lowest BCUT2D eigenvalue weighted by Crippen LogP contribution is -2.23. The summed E-state index contributed by atoms with van der Waals surface area (Å²) in [5.41, 5.74) is 0.0600. The fourth-order valence-corrected chi connectivity index (χ4v) is 2.41. The predicted molar refractivity (Wildman–Crippen MR) is 56.4 cm³/mol.